The SMILES string of the molecule is C[C@@H](O)[C@@H](C(N)=O)N1CC2(C1)CC1(CN([C@H](C(N)=O)[C@@H](C)O)C1=O)CN2Cc1ccccc1. The van der Waals surface area contributed by atoms with E-state index in [9.17, 15) is 24.6 Å². The number of nitrogens with two attached hydrogens (primary N) is 2. The Kier molecular flexibility index (Phi) is 5.98. The van der Waals surface area contributed by atoms with E-state index in [0.717, 1.165) is 5.56 Å². The molecular formula is C23H33N5O5. The van der Waals surface area contributed by atoms with Crippen LogP contribution in [-0.4, -0.2) is 98.6 Å². The van der Waals surface area contributed by atoms with Gasteiger partial charge in [0.2, 0.25) is 17.7 Å². The number of hydrogen-bond donors (Lipinski definition) is 4. The van der Waals surface area contributed by atoms with Gasteiger partial charge in [-0.15, -0.1) is 0 Å². The number of carbonyl (C=O) groups excluding carboxylic acids is 3. The third-order valence-corrected chi connectivity index (χ3v) is 7.46. The number of β-lactam (4-membered cyclic amide) rings is 1. The van der Waals surface area contributed by atoms with Crippen molar-refractivity contribution in [1.29, 1.82) is 0 Å². The Bertz CT molecular complexity index is 932. The van der Waals surface area contributed by atoms with Crippen LogP contribution in [0.4, 0.5) is 0 Å². The molecule has 0 bridgehead atoms. The molecule has 3 aliphatic rings. The van der Waals surface area contributed by atoms with Crippen molar-refractivity contribution in [3.8, 4) is 0 Å². The van der Waals surface area contributed by atoms with E-state index >= 15 is 0 Å². The fourth-order valence-electron chi connectivity index (χ4n) is 6.10. The van der Waals surface area contributed by atoms with Crippen LogP contribution in [0.5, 0.6) is 0 Å². The molecule has 0 aliphatic carbocycles. The molecule has 3 fully saturated rings. The van der Waals surface area contributed by atoms with Crippen LogP contribution in [0.25, 0.3) is 0 Å². The summed E-state index contributed by atoms with van der Waals surface area (Å²) in [4.78, 5) is 42.6. The quantitative estimate of drug-likeness (QED) is 0.336. The molecule has 4 rings (SSSR count). The number of primary amides is 2. The Morgan fingerprint density at radius 2 is 1.55 bits per heavy atom. The highest BCUT2D eigenvalue weighted by Crippen LogP contribution is 2.53. The van der Waals surface area contributed by atoms with Gasteiger partial charge >= 0.3 is 0 Å². The van der Waals surface area contributed by atoms with Crippen molar-refractivity contribution in [2.24, 2.45) is 16.9 Å². The Hall–Kier alpha value is -2.53. The van der Waals surface area contributed by atoms with Crippen LogP contribution in [0, 0.1) is 5.41 Å². The van der Waals surface area contributed by atoms with Crippen LogP contribution in [-0.2, 0) is 20.9 Å². The lowest BCUT2D eigenvalue weighted by Crippen LogP contribution is -2.73. The molecule has 0 aromatic heterocycles. The summed E-state index contributed by atoms with van der Waals surface area (Å²) in [7, 11) is 0. The van der Waals surface area contributed by atoms with Gasteiger partial charge in [-0.3, -0.25) is 24.2 Å². The van der Waals surface area contributed by atoms with Crippen LogP contribution >= 0.6 is 0 Å². The lowest BCUT2D eigenvalue weighted by molar-refractivity contribution is -0.170. The minimum absolute atomic E-state index is 0.178. The minimum atomic E-state index is -1.05. The second-order valence-corrected chi connectivity index (χ2v) is 10.0. The van der Waals surface area contributed by atoms with E-state index in [2.05, 4.69) is 4.90 Å². The summed E-state index contributed by atoms with van der Waals surface area (Å²) in [5.41, 5.74) is 11.1. The second kappa shape index (κ2) is 8.35. The van der Waals surface area contributed by atoms with Gasteiger partial charge in [-0.1, -0.05) is 30.3 Å². The molecule has 1 unspecified atom stereocenters. The monoisotopic (exact) mass is 459 g/mol. The molecule has 5 atom stereocenters. The summed E-state index contributed by atoms with van der Waals surface area (Å²) in [6.07, 6.45) is -1.39. The van der Waals surface area contributed by atoms with E-state index in [4.69, 9.17) is 11.5 Å². The molecule has 1 aromatic carbocycles. The van der Waals surface area contributed by atoms with E-state index in [1.807, 2.05) is 35.2 Å². The topological polar surface area (TPSA) is 153 Å². The summed E-state index contributed by atoms with van der Waals surface area (Å²) in [6.45, 7) is 5.49. The first-order valence-electron chi connectivity index (χ1n) is 11.3. The Morgan fingerprint density at radius 3 is 2.03 bits per heavy atom. The molecule has 3 heterocycles. The normalized spacial score (nSPS) is 28.2. The van der Waals surface area contributed by atoms with E-state index in [1.54, 1.807) is 6.92 Å². The number of likely N-dealkylation sites (tertiary alicyclic amines) is 3. The van der Waals surface area contributed by atoms with E-state index < -0.39 is 41.5 Å². The molecule has 10 nitrogen and oxygen atoms in total. The standard InChI is InChI=1S/C23H33N5O5/c1-14(29)17(19(24)31)26-12-23(13-26)9-22(10-27(23)8-16-6-4-3-5-7-16)11-28(21(22)33)18(15(2)30)20(25)32/h3-7,14-15,17-18,29-30H,8-13H2,1-2H3,(H2,24,31)(H2,25,32)/t14-,15-,17+,18+,22?/m1/s1. The molecule has 10 heteroatoms. The maximum absolute atomic E-state index is 13.3. The van der Waals surface area contributed by atoms with E-state index in [0.29, 0.717) is 39.1 Å². The number of hydrogen-bond acceptors (Lipinski definition) is 7. The van der Waals surface area contributed by atoms with Crippen molar-refractivity contribution in [3.63, 3.8) is 0 Å². The minimum Gasteiger partial charge on any atom is -0.391 e. The number of rotatable bonds is 8. The highest BCUT2D eigenvalue weighted by atomic mass is 16.3. The molecule has 0 radical (unpaired) electrons. The Balaban J connectivity index is 1.57. The van der Waals surface area contributed by atoms with Crippen LogP contribution < -0.4 is 11.5 Å². The molecule has 180 valence electrons. The number of aliphatic hydroxyl groups excluding tert-OH is 2. The van der Waals surface area contributed by atoms with Gasteiger partial charge in [-0.2, -0.15) is 0 Å². The van der Waals surface area contributed by atoms with E-state index in [-0.39, 0.29) is 11.4 Å². The molecule has 0 saturated carbocycles. The average molecular weight is 460 g/mol. The smallest absolute Gasteiger partial charge is 0.242 e. The average Bonchev–Trinajstić information content (AvgIpc) is 3.04. The molecule has 3 amide bonds. The summed E-state index contributed by atoms with van der Waals surface area (Å²) in [5.74, 6) is -1.48. The number of amides is 3. The van der Waals surface area contributed by atoms with Crippen molar-refractivity contribution in [2.45, 2.75) is 56.6 Å². The number of nitrogens with zero attached hydrogens (tertiary/aromatic N) is 3. The van der Waals surface area contributed by atoms with Crippen molar-refractivity contribution < 1.29 is 24.6 Å². The predicted octanol–water partition coefficient (Wildman–Crippen LogP) is -1.76. The van der Waals surface area contributed by atoms with Gasteiger partial charge in [0.05, 0.1) is 17.6 Å². The van der Waals surface area contributed by atoms with Crippen molar-refractivity contribution in [2.75, 3.05) is 26.2 Å². The summed E-state index contributed by atoms with van der Waals surface area (Å²) < 4.78 is 0. The fraction of sp³-hybridized carbons (Fsp3) is 0.609. The predicted molar refractivity (Wildman–Crippen MR) is 119 cm³/mol. The maximum atomic E-state index is 13.3. The zero-order chi connectivity index (χ0) is 24.1. The first-order valence-corrected chi connectivity index (χ1v) is 11.3. The molecule has 6 N–H and O–H groups in total. The van der Waals surface area contributed by atoms with E-state index in [1.165, 1.54) is 11.8 Å². The molecule has 2 spiro atoms. The van der Waals surface area contributed by atoms with Gasteiger partial charge in [0.1, 0.15) is 12.1 Å². The second-order valence-electron chi connectivity index (χ2n) is 10.0. The first-order chi connectivity index (χ1) is 15.5. The van der Waals surface area contributed by atoms with Crippen molar-refractivity contribution in [3.05, 3.63) is 35.9 Å². The summed E-state index contributed by atoms with van der Waals surface area (Å²) in [5, 5.41) is 20.1. The molecular weight excluding hydrogens is 426 g/mol. The first kappa shape index (κ1) is 23.6. The molecule has 1 aromatic rings. The molecule has 33 heavy (non-hydrogen) atoms. The fourth-order valence-corrected chi connectivity index (χ4v) is 6.10. The number of aliphatic hydroxyl groups is 2. The highest BCUT2D eigenvalue weighted by Gasteiger charge is 2.68. The van der Waals surface area contributed by atoms with Gasteiger partial charge in [0.25, 0.3) is 0 Å². The Labute approximate surface area is 193 Å². The third kappa shape index (κ3) is 3.90. The Morgan fingerprint density at radius 1 is 0.970 bits per heavy atom. The van der Waals surface area contributed by atoms with Gasteiger partial charge < -0.3 is 26.6 Å². The van der Waals surface area contributed by atoms with Crippen molar-refractivity contribution >= 4 is 17.7 Å². The summed E-state index contributed by atoms with van der Waals surface area (Å²) in [6, 6.07) is 8.11. The van der Waals surface area contributed by atoms with Gasteiger partial charge in [0.15, 0.2) is 0 Å². The zero-order valence-corrected chi connectivity index (χ0v) is 19.1. The lowest BCUT2D eigenvalue weighted by atomic mass is 9.70. The van der Waals surface area contributed by atoms with Gasteiger partial charge in [0, 0.05) is 38.3 Å². The highest BCUT2D eigenvalue weighted by molar-refractivity contribution is 5.95. The summed E-state index contributed by atoms with van der Waals surface area (Å²) >= 11 is 0. The van der Waals surface area contributed by atoms with Crippen LogP contribution in [0.1, 0.15) is 25.8 Å². The maximum Gasteiger partial charge on any atom is 0.242 e. The van der Waals surface area contributed by atoms with Crippen LogP contribution in [0.15, 0.2) is 30.3 Å². The number of benzene rings is 1. The van der Waals surface area contributed by atoms with Crippen LogP contribution in [0.3, 0.4) is 0 Å². The van der Waals surface area contributed by atoms with Crippen LogP contribution in [0.2, 0.25) is 0 Å². The van der Waals surface area contributed by atoms with Crippen molar-refractivity contribution in [1.82, 2.24) is 14.7 Å². The van der Waals surface area contributed by atoms with Gasteiger partial charge in [-0.25, -0.2) is 0 Å². The number of carbonyl (C=O) groups is 3. The molecule has 3 saturated heterocycles. The largest absolute Gasteiger partial charge is 0.391 e. The van der Waals surface area contributed by atoms with Gasteiger partial charge in [-0.05, 0) is 25.8 Å². The third-order valence-electron chi connectivity index (χ3n) is 7.46. The molecule has 3 aliphatic heterocycles. The zero-order valence-electron chi connectivity index (χ0n) is 19.1. The lowest BCUT2D eigenvalue weighted by Gasteiger charge is -2.56.